The first-order valence-corrected chi connectivity index (χ1v) is 8.70. The Morgan fingerprint density at radius 1 is 0.885 bits per heavy atom. The fourth-order valence-corrected chi connectivity index (χ4v) is 3.70. The molecule has 0 saturated heterocycles. The number of ether oxygens (including phenoxy) is 1. The third kappa shape index (κ3) is 3.88. The highest BCUT2D eigenvalue weighted by molar-refractivity contribution is 7.93. The van der Waals surface area contributed by atoms with Crippen LogP contribution in [0.3, 0.4) is 0 Å². The van der Waals surface area contributed by atoms with Crippen LogP contribution in [0.5, 0.6) is 5.75 Å². The molecular weight excluding hydrogens is 374 g/mol. The second-order valence-corrected chi connectivity index (χ2v) is 6.92. The molecule has 0 radical (unpaired) electrons. The maximum absolute atomic E-state index is 13.9. The Kier molecular flexibility index (Phi) is 4.49. The van der Waals surface area contributed by atoms with Gasteiger partial charge in [-0.15, -0.1) is 13.2 Å². The summed E-state index contributed by atoms with van der Waals surface area (Å²) >= 11 is 0. The molecule has 0 amide bonds. The molecule has 0 aliphatic carbocycles. The Balaban J connectivity index is 1.98. The minimum Gasteiger partial charge on any atom is -0.406 e. The van der Waals surface area contributed by atoms with Gasteiger partial charge in [0.1, 0.15) is 11.6 Å². The summed E-state index contributed by atoms with van der Waals surface area (Å²) in [5.74, 6) is -1.15. The molecule has 3 rings (SSSR count). The maximum atomic E-state index is 13.9. The molecule has 0 bridgehead atoms. The lowest BCUT2D eigenvalue weighted by atomic mass is 10.1. The van der Waals surface area contributed by atoms with Crippen molar-refractivity contribution in [1.29, 1.82) is 0 Å². The molecule has 0 spiro atoms. The Hall–Kier alpha value is -2.81. The van der Waals surface area contributed by atoms with Crippen LogP contribution in [0.1, 0.15) is 0 Å². The summed E-state index contributed by atoms with van der Waals surface area (Å²) in [6, 6.07) is 12.5. The number of sulfonamides is 1. The quantitative estimate of drug-likeness (QED) is 0.664. The van der Waals surface area contributed by atoms with Crippen molar-refractivity contribution in [2.24, 2.45) is 0 Å². The Morgan fingerprint density at radius 3 is 2.27 bits per heavy atom. The molecule has 0 aliphatic rings. The molecule has 136 valence electrons. The summed E-state index contributed by atoms with van der Waals surface area (Å²) in [4.78, 5) is -0.198. The van der Waals surface area contributed by atoms with E-state index in [0.717, 1.165) is 24.3 Å². The van der Waals surface area contributed by atoms with Crippen molar-refractivity contribution in [3.63, 3.8) is 0 Å². The summed E-state index contributed by atoms with van der Waals surface area (Å²) in [7, 11) is -4.17. The van der Waals surface area contributed by atoms with Crippen molar-refractivity contribution in [2.45, 2.75) is 11.3 Å². The van der Waals surface area contributed by atoms with Crippen LogP contribution >= 0.6 is 0 Å². The molecule has 0 atom stereocenters. The number of rotatable bonds is 4. The monoisotopic (exact) mass is 385 g/mol. The van der Waals surface area contributed by atoms with Gasteiger partial charge in [0.25, 0.3) is 10.0 Å². The van der Waals surface area contributed by atoms with Gasteiger partial charge >= 0.3 is 6.36 Å². The van der Waals surface area contributed by atoms with Crippen molar-refractivity contribution >= 4 is 26.5 Å². The number of nitrogens with one attached hydrogen (secondary N) is 1. The standard InChI is InChI=1S/C17H11F4NO3S/c18-15-8-9-16(14-7-2-1-6-13(14)15)26(23,24)22-11-4-3-5-12(10-11)25-17(19,20)21/h1-10,22H. The van der Waals surface area contributed by atoms with E-state index in [9.17, 15) is 26.0 Å². The highest BCUT2D eigenvalue weighted by Crippen LogP contribution is 2.29. The fourth-order valence-electron chi connectivity index (χ4n) is 2.44. The van der Waals surface area contributed by atoms with Gasteiger partial charge in [0.15, 0.2) is 0 Å². The smallest absolute Gasteiger partial charge is 0.406 e. The van der Waals surface area contributed by atoms with Crippen LogP contribution in [0.2, 0.25) is 0 Å². The Labute approximate surface area is 146 Å². The van der Waals surface area contributed by atoms with E-state index in [0.29, 0.717) is 0 Å². The van der Waals surface area contributed by atoms with Crippen LogP contribution in [0.25, 0.3) is 10.8 Å². The van der Waals surface area contributed by atoms with Gasteiger partial charge in [-0.2, -0.15) is 0 Å². The second kappa shape index (κ2) is 6.49. The van der Waals surface area contributed by atoms with Crippen LogP contribution in [-0.4, -0.2) is 14.8 Å². The molecule has 9 heteroatoms. The number of anilines is 1. The Morgan fingerprint density at radius 2 is 1.58 bits per heavy atom. The van der Waals surface area contributed by atoms with E-state index in [1.807, 2.05) is 0 Å². The summed E-state index contributed by atoms with van der Waals surface area (Å²) in [5.41, 5.74) is -0.125. The first-order chi connectivity index (χ1) is 12.2. The van der Waals surface area contributed by atoms with Crippen molar-refractivity contribution in [1.82, 2.24) is 0 Å². The third-order valence-corrected chi connectivity index (χ3v) is 4.88. The number of hydrogen-bond donors (Lipinski definition) is 1. The van der Waals surface area contributed by atoms with Gasteiger partial charge in [-0.25, -0.2) is 12.8 Å². The van der Waals surface area contributed by atoms with Gasteiger partial charge in [-0.05, 0) is 24.3 Å². The molecule has 1 N–H and O–H groups in total. The average Bonchev–Trinajstić information content (AvgIpc) is 2.53. The largest absolute Gasteiger partial charge is 0.573 e. The lowest BCUT2D eigenvalue weighted by Gasteiger charge is -2.13. The summed E-state index contributed by atoms with van der Waals surface area (Å²) in [6.07, 6.45) is -4.90. The van der Waals surface area contributed by atoms with Crippen LogP contribution in [0, 0.1) is 5.82 Å². The minimum absolute atomic E-state index is 0.115. The summed E-state index contributed by atoms with van der Waals surface area (Å²) in [5, 5.41) is 0.271. The van der Waals surface area contributed by atoms with Crippen LogP contribution in [-0.2, 0) is 10.0 Å². The van der Waals surface area contributed by atoms with Gasteiger partial charge in [0.2, 0.25) is 0 Å². The molecule has 0 aromatic heterocycles. The first kappa shape index (κ1) is 18.0. The van der Waals surface area contributed by atoms with Gasteiger partial charge in [0.05, 0.1) is 10.6 Å². The minimum atomic E-state index is -4.90. The van der Waals surface area contributed by atoms with Crippen LogP contribution < -0.4 is 9.46 Å². The molecule has 0 aliphatic heterocycles. The first-order valence-electron chi connectivity index (χ1n) is 7.22. The van der Waals surface area contributed by atoms with E-state index >= 15 is 0 Å². The van der Waals surface area contributed by atoms with Crippen molar-refractivity contribution in [2.75, 3.05) is 4.72 Å². The van der Waals surface area contributed by atoms with Gasteiger partial charge in [0, 0.05) is 16.8 Å². The van der Waals surface area contributed by atoms with Crippen molar-refractivity contribution < 1.29 is 30.7 Å². The fraction of sp³-hybridized carbons (Fsp3) is 0.0588. The van der Waals surface area contributed by atoms with E-state index in [-0.39, 0.29) is 21.4 Å². The molecular formula is C17H11F4NO3S. The second-order valence-electron chi connectivity index (χ2n) is 5.27. The number of fused-ring (bicyclic) bond motifs is 1. The molecule has 3 aromatic carbocycles. The topological polar surface area (TPSA) is 55.4 Å². The Bertz CT molecular complexity index is 1070. The number of alkyl halides is 3. The predicted molar refractivity (Wildman–Crippen MR) is 87.8 cm³/mol. The predicted octanol–water partition coefficient (Wildman–Crippen LogP) is 4.68. The zero-order valence-corrected chi connectivity index (χ0v) is 13.7. The number of hydrogen-bond acceptors (Lipinski definition) is 3. The van der Waals surface area contributed by atoms with Gasteiger partial charge in [-0.3, -0.25) is 4.72 Å². The van der Waals surface area contributed by atoms with Crippen LogP contribution in [0.4, 0.5) is 23.2 Å². The lowest BCUT2D eigenvalue weighted by molar-refractivity contribution is -0.274. The normalized spacial score (nSPS) is 12.2. The molecule has 3 aromatic rings. The van der Waals surface area contributed by atoms with E-state index in [2.05, 4.69) is 9.46 Å². The maximum Gasteiger partial charge on any atom is 0.573 e. The SMILES string of the molecule is O=S(=O)(Nc1cccc(OC(F)(F)F)c1)c1ccc(F)c2ccccc12. The third-order valence-electron chi connectivity index (χ3n) is 3.44. The highest BCUT2D eigenvalue weighted by Gasteiger charge is 2.31. The molecule has 26 heavy (non-hydrogen) atoms. The van der Waals surface area contributed by atoms with E-state index in [4.69, 9.17) is 0 Å². The summed E-state index contributed by atoms with van der Waals surface area (Å²) in [6.45, 7) is 0. The van der Waals surface area contributed by atoms with Crippen LogP contribution in [0.15, 0.2) is 65.6 Å². The number of benzene rings is 3. The van der Waals surface area contributed by atoms with Crippen molar-refractivity contribution in [3.05, 3.63) is 66.5 Å². The lowest BCUT2D eigenvalue weighted by Crippen LogP contribution is -2.17. The molecule has 0 heterocycles. The van der Waals surface area contributed by atoms with E-state index in [1.54, 1.807) is 12.1 Å². The van der Waals surface area contributed by atoms with Gasteiger partial charge < -0.3 is 4.74 Å². The molecule has 0 saturated carbocycles. The average molecular weight is 385 g/mol. The van der Waals surface area contributed by atoms with Gasteiger partial charge in [-0.1, -0.05) is 30.3 Å². The molecule has 0 unspecified atom stereocenters. The number of halogens is 4. The zero-order chi connectivity index (χ0) is 18.9. The van der Waals surface area contributed by atoms with E-state index < -0.39 is 28.0 Å². The summed E-state index contributed by atoms with van der Waals surface area (Å²) < 4.78 is 81.9. The van der Waals surface area contributed by atoms with Crippen molar-refractivity contribution in [3.8, 4) is 5.75 Å². The van der Waals surface area contributed by atoms with E-state index in [1.165, 1.54) is 24.3 Å². The highest BCUT2D eigenvalue weighted by atomic mass is 32.2. The zero-order valence-electron chi connectivity index (χ0n) is 12.9. The molecule has 0 fully saturated rings. The molecule has 4 nitrogen and oxygen atoms in total.